The van der Waals surface area contributed by atoms with E-state index in [1.54, 1.807) is 19.9 Å². The van der Waals surface area contributed by atoms with Crippen LogP contribution in [0.4, 0.5) is 10.9 Å². The van der Waals surface area contributed by atoms with Crippen LogP contribution in [-0.4, -0.2) is 33.0 Å². The van der Waals surface area contributed by atoms with E-state index >= 15 is 0 Å². The molecular formula is C20H18N4O3S2. The van der Waals surface area contributed by atoms with Crippen LogP contribution in [0.3, 0.4) is 0 Å². The molecule has 1 atom stereocenters. The molecule has 2 heterocycles. The number of thioether (sulfide) groups is 1. The summed E-state index contributed by atoms with van der Waals surface area (Å²) in [6.45, 7) is 3.49. The first-order valence-electron chi connectivity index (χ1n) is 8.93. The molecule has 2 aromatic carbocycles. The first kappa shape index (κ1) is 19.4. The second-order valence-corrected chi connectivity index (χ2v) is 8.83. The number of rotatable bonds is 6. The first-order chi connectivity index (χ1) is 14.0. The Labute approximate surface area is 174 Å². The molecule has 0 radical (unpaired) electrons. The van der Waals surface area contributed by atoms with Gasteiger partial charge in [-0.15, -0.1) is 11.8 Å². The van der Waals surface area contributed by atoms with Gasteiger partial charge in [0.25, 0.3) is 0 Å². The van der Waals surface area contributed by atoms with Crippen molar-refractivity contribution in [3.63, 3.8) is 0 Å². The number of fused-ring (bicyclic) bond motifs is 3. The molecule has 1 unspecified atom stereocenters. The van der Waals surface area contributed by atoms with Gasteiger partial charge in [0, 0.05) is 11.5 Å². The third-order valence-corrected chi connectivity index (χ3v) is 6.32. The van der Waals surface area contributed by atoms with Crippen molar-refractivity contribution in [3.8, 4) is 0 Å². The SMILES string of the molecule is Cc1cc(NC(=O)C(C)SCC(=O)Nc2nc3c(ccc4ccccc43)s2)no1. The molecule has 2 amide bonds. The molecule has 0 aliphatic carbocycles. The molecule has 148 valence electrons. The number of nitrogens with zero attached hydrogens (tertiary/aromatic N) is 2. The Kier molecular flexibility index (Phi) is 5.50. The summed E-state index contributed by atoms with van der Waals surface area (Å²) in [5.41, 5.74) is 0.881. The molecule has 0 bridgehead atoms. The summed E-state index contributed by atoms with van der Waals surface area (Å²) in [5, 5.41) is 11.5. The quantitative estimate of drug-likeness (QED) is 0.473. The highest BCUT2D eigenvalue weighted by molar-refractivity contribution is 8.01. The molecule has 0 spiro atoms. The maximum atomic E-state index is 12.3. The van der Waals surface area contributed by atoms with Crippen molar-refractivity contribution >= 4 is 66.9 Å². The predicted molar refractivity (Wildman–Crippen MR) is 118 cm³/mol. The summed E-state index contributed by atoms with van der Waals surface area (Å²) in [7, 11) is 0. The lowest BCUT2D eigenvalue weighted by Gasteiger charge is -2.09. The van der Waals surface area contributed by atoms with E-state index in [0.717, 1.165) is 21.0 Å². The van der Waals surface area contributed by atoms with Gasteiger partial charge in [0.1, 0.15) is 5.76 Å². The van der Waals surface area contributed by atoms with Crippen LogP contribution in [-0.2, 0) is 9.59 Å². The van der Waals surface area contributed by atoms with Crippen molar-refractivity contribution in [2.24, 2.45) is 0 Å². The zero-order valence-electron chi connectivity index (χ0n) is 15.8. The molecular weight excluding hydrogens is 408 g/mol. The lowest BCUT2D eigenvalue weighted by atomic mass is 10.1. The number of aryl methyl sites for hydroxylation is 1. The topological polar surface area (TPSA) is 97.1 Å². The minimum Gasteiger partial charge on any atom is -0.360 e. The molecule has 4 aromatic rings. The maximum Gasteiger partial charge on any atom is 0.238 e. The van der Waals surface area contributed by atoms with Gasteiger partial charge in [0.05, 0.1) is 21.2 Å². The first-order valence-corrected chi connectivity index (χ1v) is 10.8. The van der Waals surface area contributed by atoms with Crippen molar-refractivity contribution in [3.05, 3.63) is 48.2 Å². The lowest BCUT2D eigenvalue weighted by molar-refractivity contribution is -0.115. The van der Waals surface area contributed by atoms with Gasteiger partial charge in [-0.1, -0.05) is 46.8 Å². The third kappa shape index (κ3) is 4.41. The van der Waals surface area contributed by atoms with E-state index in [2.05, 4.69) is 20.8 Å². The summed E-state index contributed by atoms with van der Waals surface area (Å²) in [6, 6.07) is 13.7. The Balaban J connectivity index is 1.35. The number of benzene rings is 2. The van der Waals surface area contributed by atoms with Crippen molar-refractivity contribution in [2.75, 3.05) is 16.4 Å². The van der Waals surface area contributed by atoms with Crippen LogP contribution in [0.25, 0.3) is 21.0 Å². The molecule has 2 N–H and O–H groups in total. The molecule has 4 rings (SSSR count). The number of hydrogen-bond acceptors (Lipinski definition) is 7. The van der Waals surface area contributed by atoms with E-state index in [4.69, 9.17) is 4.52 Å². The molecule has 0 aliphatic rings. The Morgan fingerprint density at radius 3 is 2.83 bits per heavy atom. The highest BCUT2D eigenvalue weighted by Gasteiger charge is 2.17. The molecule has 2 aromatic heterocycles. The number of nitrogens with one attached hydrogen (secondary N) is 2. The number of carbonyl (C=O) groups is 2. The minimum absolute atomic E-state index is 0.142. The number of carbonyl (C=O) groups excluding carboxylic acids is 2. The fourth-order valence-electron chi connectivity index (χ4n) is 2.80. The van der Waals surface area contributed by atoms with Crippen LogP contribution in [0.5, 0.6) is 0 Å². The van der Waals surface area contributed by atoms with E-state index in [-0.39, 0.29) is 17.6 Å². The number of amides is 2. The van der Waals surface area contributed by atoms with Crippen LogP contribution in [0, 0.1) is 6.92 Å². The van der Waals surface area contributed by atoms with Crippen LogP contribution in [0.1, 0.15) is 12.7 Å². The zero-order valence-corrected chi connectivity index (χ0v) is 17.4. The summed E-state index contributed by atoms with van der Waals surface area (Å²) in [5.74, 6) is 0.691. The smallest absolute Gasteiger partial charge is 0.238 e. The number of hydrogen-bond donors (Lipinski definition) is 2. The molecule has 7 nitrogen and oxygen atoms in total. The molecule has 0 fully saturated rings. The standard InChI is InChI=1S/C20H18N4O3S2/c1-11-9-16(24-27-11)21-19(26)12(2)28-10-17(25)22-20-23-18-14-6-4-3-5-13(14)7-8-15(18)29-20/h3-9,12H,10H2,1-2H3,(H,21,24,26)(H,22,23,25). The fourth-order valence-corrected chi connectivity index (χ4v) is 4.38. The van der Waals surface area contributed by atoms with Gasteiger partial charge < -0.3 is 15.2 Å². The Hall–Kier alpha value is -2.91. The highest BCUT2D eigenvalue weighted by atomic mass is 32.2. The van der Waals surface area contributed by atoms with E-state index in [1.807, 2.05) is 36.4 Å². The van der Waals surface area contributed by atoms with Crippen molar-refractivity contribution in [2.45, 2.75) is 19.1 Å². The van der Waals surface area contributed by atoms with E-state index in [0.29, 0.717) is 16.7 Å². The largest absolute Gasteiger partial charge is 0.360 e. The second kappa shape index (κ2) is 8.22. The molecule has 29 heavy (non-hydrogen) atoms. The highest BCUT2D eigenvalue weighted by Crippen LogP contribution is 2.31. The normalized spacial score (nSPS) is 12.2. The maximum absolute atomic E-state index is 12.3. The van der Waals surface area contributed by atoms with Gasteiger partial charge in [-0.3, -0.25) is 9.59 Å². The van der Waals surface area contributed by atoms with E-state index < -0.39 is 5.25 Å². The zero-order chi connectivity index (χ0) is 20.4. The number of aromatic nitrogens is 2. The molecule has 0 aliphatic heterocycles. The van der Waals surface area contributed by atoms with Crippen molar-refractivity contribution in [1.82, 2.24) is 10.1 Å². The molecule has 0 saturated carbocycles. The van der Waals surface area contributed by atoms with Gasteiger partial charge in [-0.25, -0.2) is 4.98 Å². The van der Waals surface area contributed by atoms with Gasteiger partial charge in [0.15, 0.2) is 10.9 Å². The lowest BCUT2D eigenvalue weighted by Crippen LogP contribution is -2.25. The van der Waals surface area contributed by atoms with Crippen LogP contribution in [0.2, 0.25) is 0 Å². The molecule has 0 saturated heterocycles. The van der Waals surface area contributed by atoms with Gasteiger partial charge in [-0.2, -0.15) is 0 Å². The second-order valence-electron chi connectivity index (χ2n) is 6.47. The van der Waals surface area contributed by atoms with Crippen molar-refractivity contribution < 1.29 is 14.1 Å². The summed E-state index contributed by atoms with van der Waals surface area (Å²) in [4.78, 5) is 29.1. The minimum atomic E-state index is -0.419. The van der Waals surface area contributed by atoms with Gasteiger partial charge >= 0.3 is 0 Å². The fraction of sp³-hybridized carbons (Fsp3) is 0.200. The monoisotopic (exact) mass is 426 g/mol. The van der Waals surface area contributed by atoms with E-state index in [1.165, 1.54) is 23.1 Å². The van der Waals surface area contributed by atoms with Crippen LogP contribution >= 0.6 is 23.1 Å². The van der Waals surface area contributed by atoms with E-state index in [9.17, 15) is 9.59 Å². The summed E-state index contributed by atoms with van der Waals surface area (Å²) in [6.07, 6.45) is 0. The average molecular weight is 427 g/mol. The molecule has 9 heteroatoms. The average Bonchev–Trinajstić information content (AvgIpc) is 3.31. The van der Waals surface area contributed by atoms with Crippen LogP contribution in [0.15, 0.2) is 47.0 Å². The Morgan fingerprint density at radius 1 is 1.21 bits per heavy atom. The Bertz CT molecular complexity index is 1200. The van der Waals surface area contributed by atoms with Crippen LogP contribution < -0.4 is 10.6 Å². The van der Waals surface area contributed by atoms with Crippen molar-refractivity contribution in [1.29, 1.82) is 0 Å². The summed E-state index contributed by atoms with van der Waals surface area (Å²) < 4.78 is 5.94. The third-order valence-electron chi connectivity index (χ3n) is 4.24. The number of anilines is 2. The van der Waals surface area contributed by atoms with Gasteiger partial charge in [-0.05, 0) is 25.3 Å². The Morgan fingerprint density at radius 2 is 2.03 bits per heavy atom. The summed E-state index contributed by atoms with van der Waals surface area (Å²) >= 11 is 2.68. The predicted octanol–water partition coefficient (Wildman–Crippen LogP) is 4.44. The van der Waals surface area contributed by atoms with Gasteiger partial charge in [0.2, 0.25) is 11.8 Å². The number of thiazole rings is 1.